The van der Waals surface area contributed by atoms with Crippen LogP contribution in [0.4, 0.5) is 5.69 Å². The zero-order chi connectivity index (χ0) is 25.5. The van der Waals surface area contributed by atoms with Crippen LogP contribution in [-0.4, -0.2) is 35.4 Å². The monoisotopic (exact) mass is 483 g/mol. The molecule has 4 rings (SSSR count). The van der Waals surface area contributed by atoms with Crippen LogP contribution in [0, 0.1) is 0 Å². The number of anilines is 1. The highest BCUT2D eigenvalue weighted by molar-refractivity contribution is 6.01. The zero-order valence-corrected chi connectivity index (χ0v) is 19.9. The minimum absolute atomic E-state index is 0.188. The summed E-state index contributed by atoms with van der Waals surface area (Å²) in [6, 6.07) is 25.1. The van der Waals surface area contributed by atoms with E-state index in [2.05, 4.69) is 10.4 Å². The topological polar surface area (TPSA) is 99.5 Å². The average Bonchev–Trinajstić information content (AvgIpc) is 2.91. The maximum atomic E-state index is 13.5. The molecule has 0 saturated carbocycles. The van der Waals surface area contributed by atoms with Gasteiger partial charge in [0.1, 0.15) is 17.9 Å². The highest BCUT2D eigenvalue weighted by Gasteiger charge is 2.26. The number of benzene rings is 3. The first-order chi connectivity index (χ1) is 17.5. The standard InChI is InChI=1S/C28H25N3O5/c1-3-36-22-16-14-21(15-17-22)29-23(32)18-31-27(33)25(28(34)35-2)24(19-10-6-4-7-11-19)26(30-31)20-12-8-5-9-13-20/h4-17H,3,18H2,1-2H3,(H,29,32). The Morgan fingerprint density at radius 1 is 0.889 bits per heavy atom. The number of aromatic nitrogens is 2. The van der Waals surface area contributed by atoms with E-state index < -0.39 is 24.0 Å². The van der Waals surface area contributed by atoms with Crippen LogP contribution in [0.15, 0.2) is 89.7 Å². The van der Waals surface area contributed by atoms with Gasteiger partial charge in [0.25, 0.3) is 5.56 Å². The third-order valence-corrected chi connectivity index (χ3v) is 5.40. The first-order valence-electron chi connectivity index (χ1n) is 11.4. The molecule has 0 atom stereocenters. The molecule has 1 amide bonds. The van der Waals surface area contributed by atoms with E-state index in [1.54, 1.807) is 48.5 Å². The van der Waals surface area contributed by atoms with Crippen LogP contribution in [0.2, 0.25) is 0 Å². The third kappa shape index (κ3) is 5.33. The van der Waals surface area contributed by atoms with Gasteiger partial charge in [-0.3, -0.25) is 9.59 Å². The fourth-order valence-corrected chi connectivity index (χ4v) is 3.79. The number of amides is 1. The SMILES string of the molecule is CCOc1ccc(NC(=O)Cn2nc(-c3ccccc3)c(-c3ccccc3)c(C(=O)OC)c2=O)cc1. The van der Waals surface area contributed by atoms with Gasteiger partial charge in [0.2, 0.25) is 5.91 Å². The largest absolute Gasteiger partial charge is 0.494 e. The molecule has 36 heavy (non-hydrogen) atoms. The molecular formula is C28H25N3O5. The van der Waals surface area contributed by atoms with E-state index in [-0.39, 0.29) is 5.56 Å². The van der Waals surface area contributed by atoms with Crippen molar-refractivity contribution in [3.63, 3.8) is 0 Å². The molecule has 0 spiro atoms. The van der Waals surface area contributed by atoms with Crippen LogP contribution in [0.1, 0.15) is 17.3 Å². The van der Waals surface area contributed by atoms with E-state index in [0.717, 1.165) is 4.68 Å². The van der Waals surface area contributed by atoms with Crippen molar-refractivity contribution in [2.75, 3.05) is 19.0 Å². The van der Waals surface area contributed by atoms with Gasteiger partial charge in [-0.1, -0.05) is 60.7 Å². The molecule has 3 aromatic carbocycles. The Bertz CT molecular complexity index is 1420. The maximum absolute atomic E-state index is 13.5. The molecule has 8 nitrogen and oxygen atoms in total. The summed E-state index contributed by atoms with van der Waals surface area (Å²) >= 11 is 0. The molecule has 0 radical (unpaired) electrons. The Balaban J connectivity index is 1.79. The van der Waals surface area contributed by atoms with Crippen molar-refractivity contribution in [3.8, 4) is 28.1 Å². The molecule has 4 aromatic rings. The number of esters is 1. The molecule has 8 heteroatoms. The Kier molecular flexibility index (Phi) is 7.55. The first-order valence-corrected chi connectivity index (χ1v) is 11.4. The van der Waals surface area contributed by atoms with Crippen molar-refractivity contribution >= 4 is 17.6 Å². The molecule has 0 aliphatic carbocycles. The van der Waals surface area contributed by atoms with Crippen molar-refractivity contribution in [3.05, 3.63) is 101 Å². The predicted molar refractivity (Wildman–Crippen MR) is 137 cm³/mol. The van der Waals surface area contributed by atoms with Crippen molar-refractivity contribution in [2.24, 2.45) is 0 Å². The van der Waals surface area contributed by atoms with Crippen LogP contribution in [-0.2, 0) is 16.1 Å². The summed E-state index contributed by atoms with van der Waals surface area (Å²) in [4.78, 5) is 39.1. The number of hydrogen-bond acceptors (Lipinski definition) is 6. The number of rotatable bonds is 8. The molecule has 1 heterocycles. The molecule has 1 N–H and O–H groups in total. The molecular weight excluding hydrogens is 458 g/mol. The molecule has 0 saturated heterocycles. The van der Waals surface area contributed by atoms with Gasteiger partial charge in [-0.25, -0.2) is 9.48 Å². The zero-order valence-electron chi connectivity index (χ0n) is 19.9. The summed E-state index contributed by atoms with van der Waals surface area (Å²) in [5.41, 5.74) is 1.68. The van der Waals surface area contributed by atoms with E-state index in [4.69, 9.17) is 9.47 Å². The summed E-state index contributed by atoms with van der Waals surface area (Å²) in [7, 11) is 1.21. The Labute approximate surface area is 208 Å². The van der Waals surface area contributed by atoms with Crippen molar-refractivity contribution in [1.82, 2.24) is 9.78 Å². The minimum Gasteiger partial charge on any atom is -0.494 e. The molecule has 1 aromatic heterocycles. The Hall–Kier alpha value is -4.72. The van der Waals surface area contributed by atoms with E-state index in [1.807, 2.05) is 43.3 Å². The Morgan fingerprint density at radius 2 is 1.50 bits per heavy atom. The van der Waals surface area contributed by atoms with Gasteiger partial charge < -0.3 is 14.8 Å². The van der Waals surface area contributed by atoms with Crippen LogP contribution in [0.3, 0.4) is 0 Å². The van der Waals surface area contributed by atoms with Gasteiger partial charge in [-0.15, -0.1) is 0 Å². The van der Waals surface area contributed by atoms with Gasteiger partial charge in [-0.05, 0) is 36.8 Å². The minimum atomic E-state index is -0.806. The lowest BCUT2D eigenvalue weighted by atomic mass is 9.95. The van der Waals surface area contributed by atoms with Gasteiger partial charge in [-0.2, -0.15) is 5.10 Å². The van der Waals surface area contributed by atoms with Crippen molar-refractivity contribution < 1.29 is 19.1 Å². The predicted octanol–water partition coefficient (Wildman–Crippen LogP) is 4.40. The van der Waals surface area contributed by atoms with E-state index in [1.165, 1.54) is 7.11 Å². The number of nitrogens with one attached hydrogen (secondary N) is 1. The van der Waals surface area contributed by atoms with E-state index in [9.17, 15) is 14.4 Å². The second-order valence-electron chi connectivity index (χ2n) is 7.79. The van der Waals surface area contributed by atoms with Crippen LogP contribution < -0.4 is 15.6 Å². The summed E-state index contributed by atoms with van der Waals surface area (Å²) < 4.78 is 11.4. The number of carbonyl (C=O) groups excluding carboxylic acids is 2. The number of nitrogens with zero attached hydrogens (tertiary/aromatic N) is 2. The molecule has 0 bridgehead atoms. The maximum Gasteiger partial charge on any atom is 0.344 e. The van der Waals surface area contributed by atoms with Gasteiger partial charge >= 0.3 is 5.97 Å². The highest BCUT2D eigenvalue weighted by atomic mass is 16.5. The summed E-state index contributed by atoms with van der Waals surface area (Å²) in [5, 5.41) is 7.28. The highest BCUT2D eigenvalue weighted by Crippen LogP contribution is 2.32. The summed E-state index contributed by atoms with van der Waals surface area (Å²) in [5.74, 6) is -0.602. The fraction of sp³-hybridized carbons (Fsp3) is 0.143. The van der Waals surface area contributed by atoms with E-state index >= 15 is 0 Å². The first kappa shape index (κ1) is 24.4. The van der Waals surface area contributed by atoms with Gasteiger partial charge in [0.15, 0.2) is 0 Å². The lowest BCUT2D eigenvalue weighted by Gasteiger charge is -2.16. The summed E-state index contributed by atoms with van der Waals surface area (Å²) in [6.45, 7) is 2.02. The van der Waals surface area contributed by atoms with Crippen molar-refractivity contribution in [1.29, 1.82) is 0 Å². The fourth-order valence-electron chi connectivity index (χ4n) is 3.79. The molecule has 0 fully saturated rings. The third-order valence-electron chi connectivity index (χ3n) is 5.40. The van der Waals surface area contributed by atoms with Crippen LogP contribution in [0.25, 0.3) is 22.4 Å². The van der Waals surface area contributed by atoms with E-state index in [0.29, 0.717) is 40.4 Å². The normalized spacial score (nSPS) is 10.5. The molecule has 182 valence electrons. The lowest BCUT2D eigenvalue weighted by molar-refractivity contribution is -0.117. The smallest absolute Gasteiger partial charge is 0.344 e. The Morgan fingerprint density at radius 3 is 2.08 bits per heavy atom. The van der Waals surface area contributed by atoms with Gasteiger partial charge in [0, 0.05) is 16.8 Å². The quantitative estimate of drug-likeness (QED) is 0.373. The van der Waals surface area contributed by atoms with Crippen LogP contribution in [0.5, 0.6) is 5.75 Å². The number of methoxy groups -OCH3 is 1. The van der Waals surface area contributed by atoms with Crippen LogP contribution >= 0.6 is 0 Å². The second kappa shape index (κ2) is 11.1. The number of carbonyl (C=O) groups is 2. The lowest BCUT2D eigenvalue weighted by Crippen LogP contribution is -2.34. The molecule has 0 aliphatic heterocycles. The molecule has 0 unspecified atom stereocenters. The average molecular weight is 484 g/mol. The second-order valence-corrected chi connectivity index (χ2v) is 7.79. The number of hydrogen-bond donors (Lipinski definition) is 1. The number of ether oxygens (including phenoxy) is 2. The summed E-state index contributed by atoms with van der Waals surface area (Å²) in [6.07, 6.45) is 0. The molecule has 0 aliphatic rings. The van der Waals surface area contributed by atoms with Crippen molar-refractivity contribution in [2.45, 2.75) is 13.5 Å². The van der Waals surface area contributed by atoms with Gasteiger partial charge in [0.05, 0.1) is 19.4 Å².